The van der Waals surface area contributed by atoms with Crippen molar-refractivity contribution >= 4 is 50.8 Å². The number of carbonyl (C=O) groups is 3. The Balaban J connectivity index is 1.67. The number of benzene rings is 3. The first-order valence-corrected chi connectivity index (χ1v) is 12.7. The molecule has 0 aliphatic heterocycles. The molecule has 0 fully saturated rings. The van der Waals surface area contributed by atoms with Crippen molar-refractivity contribution in [1.82, 2.24) is 9.97 Å². The third kappa shape index (κ3) is 4.38. The number of thioether (sulfide) groups is 1. The lowest BCUT2D eigenvalue weighted by atomic mass is 9.82. The smallest absolute Gasteiger partial charge is 0.345 e. The molecule has 1 N–H and O–H groups in total. The van der Waals surface area contributed by atoms with Crippen molar-refractivity contribution in [1.29, 1.82) is 0 Å². The lowest BCUT2D eigenvalue weighted by molar-refractivity contribution is -0.148. The summed E-state index contributed by atoms with van der Waals surface area (Å²) in [6.07, 6.45) is 1.76. The van der Waals surface area contributed by atoms with Crippen LogP contribution in [0.5, 0.6) is 0 Å². The summed E-state index contributed by atoms with van der Waals surface area (Å²) in [5, 5.41) is 13.5. The van der Waals surface area contributed by atoms with Crippen LogP contribution in [0.1, 0.15) is 47.3 Å². The maximum Gasteiger partial charge on any atom is 0.345 e. The highest BCUT2D eigenvalue weighted by molar-refractivity contribution is 8.00. The lowest BCUT2D eigenvalue weighted by Gasteiger charge is -2.20. The van der Waals surface area contributed by atoms with Crippen LogP contribution in [0.3, 0.4) is 0 Å². The van der Waals surface area contributed by atoms with Crippen molar-refractivity contribution in [3.8, 4) is 11.3 Å². The Morgan fingerprint density at radius 1 is 1.11 bits per heavy atom. The zero-order chi connectivity index (χ0) is 25.4. The van der Waals surface area contributed by atoms with Crippen LogP contribution >= 0.6 is 11.8 Å². The molecule has 0 bridgehead atoms. The molecule has 1 heterocycles. The fourth-order valence-electron chi connectivity index (χ4n) is 4.70. The summed E-state index contributed by atoms with van der Waals surface area (Å²) in [6, 6.07) is 15.6. The van der Waals surface area contributed by atoms with Gasteiger partial charge in [0.25, 0.3) is 0 Å². The number of aliphatic hydroxyl groups excluding tert-OH is 1. The third-order valence-corrected chi connectivity index (χ3v) is 7.34. The summed E-state index contributed by atoms with van der Waals surface area (Å²) in [5.74, 6) is -0.525. The molecular weight excluding hydrogens is 476 g/mol. The molecule has 1 aliphatic carbocycles. The van der Waals surface area contributed by atoms with E-state index in [0.717, 1.165) is 44.4 Å². The van der Waals surface area contributed by atoms with E-state index >= 15 is 0 Å². The Morgan fingerprint density at radius 3 is 2.72 bits per heavy atom. The van der Waals surface area contributed by atoms with Crippen LogP contribution in [0.15, 0.2) is 54.7 Å². The van der Waals surface area contributed by atoms with Crippen molar-refractivity contribution in [2.24, 2.45) is 0 Å². The van der Waals surface area contributed by atoms with Crippen molar-refractivity contribution in [2.45, 2.75) is 37.4 Å². The number of rotatable bonds is 6. The van der Waals surface area contributed by atoms with Gasteiger partial charge in [-0.1, -0.05) is 36.4 Å². The summed E-state index contributed by atoms with van der Waals surface area (Å²) < 4.78 is 4.89. The van der Waals surface area contributed by atoms with Crippen molar-refractivity contribution in [2.75, 3.05) is 6.61 Å². The monoisotopic (exact) mass is 500 g/mol. The van der Waals surface area contributed by atoms with Gasteiger partial charge in [0.2, 0.25) is 0 Å². The van der Waals surface area contributed by atoms with Crippen LogP contribution in [-0.4, -0.2) is 44.7 Å². The molecule has 8 heteroatoms. The quantitative estimate of drug-likeness (QED) is 0.174. The van der Waals surface area contributed by atoms with E-state index in [1.807, 2.05) is 49.4 Å². The second-order valence-corrected chi connectivity index (χ2v) is 10.1. The van der Waals surface area contributed by atoms with E-state index in [-0.39, 0.29) is 31.0 Å². The largest absolute Gasteiger partial charge is 0.463 e. The molecule has 182 valence electrons. The molecule has 0 amide bonds. The third-order valence-electron chi connectivity index (χ3n) is 6.27. The summed E-state index contributed by atoms with van der Waals surface area (Å²) in [6.45, 7) is 3.67. The molecular formula is C28H24N2O5S. The van der Waals surface area contributed by atoms with Crippen LogP contribution in [0.4, 0.5) is 0 Å². The van der Waals surface area contributed by atoms with Gasteiger partial charge < -0.3 is 9.84 Å². The minimum atomic E-state index is -1.35. The van der Waals surface area contributed by atoms with Crippen molar-refractivity contribution in [3.63, 3.8) is 0 Å². The van der Waals surface area contributed by atoms with E-state index in [1.54, 1.807) is 19.2 Å². The van der Waals surface area contributed by atoms with Gasteiger partial charge in [-0.3, -0.25) is 9.59 Å². The number of hydrogen-bond acceptors (Lipinski definition) is 8. The second kappa shape index (κ2) is 9.79. The predicted octanol–water partition coefficient (Wildman–Crippen LogP) is 4.82. The van der Waals surface area contributed by atoms with Gasteiger partial charge in [-0.05, 0) is 47.7 Å². The molecule has 36 heavy (non-hydrogen) atoms. The van der Waals surface area contributed by atoms with E-state index < -0.39 is 16.7 Å². The van der Waals surface area contributed by atoms with Crippen LogP contribution in [0.25, 0.3) is 32.8 Å². The molecule has 1 aliphatic rings. The van der Waals surface area contributed by atoms with Gasteiger partial charge in [-0.25, -0.2) is 14.8 Å². The number of nitrogens with zero attached hydrogens (tertiary/aromatic N) is 2. The normalized spacial score (nSPS) is 15.1. The molecule has 1 aromatic heterocycles. The van der Waals surface area contributed by atoms with Crippen LogP contribution < -0.4 is 0 Å². The number of esters is 1. The topological polar surface area (TPSA) is 106 Å². The predicted molar refractivity (Wildman–Crippen MR) is 139 cm³/mol. The van der Waals surface area contributed by atoms with E-state index in [4.69, 9.17) is 9.72 Å². The number of carbonyl (C=O) groups excluding carboxylic acids is 3. The van der Waals surface area contributed by atoms with Gasteiger partial charge in [0, 0.05) is 29.1 Å². The summed E-state index contributed by atoms with van der Waals surface area (Å²) >= 11 is 0.999. The first-order chi connectivity index (χ1) is 17.4. The summed E-state index contributed by atoms with van der Waals surface area (Å²) in [5.41, 5.74) is 1.35. The average Bonchev–Trinajstić information content (AvgIpc) is 2.87. The molecule has 7 nitrogen and oxygen atoms in total. The van der Waals surface area contributed by atoms with Crippen LogP contribution in [0, 0.1) is 0 Å². The molecule has 0 saturated heterocycles. The van der Waals surface area contributed by atoms with E-state index in [9.17, 15) is 19.5 Å². The summed E-state index contributed by atoms with van der Waals surface area (Å²) in [4.78, 5) is 46.3. The number of hydrogen-bond donors (Lipinski definition) is 1. The Labute approximate surface area is 211 Å². The van der Waals surface area contributed by atoms with Gasteiger partial charge in [-0.15, -0.1) is 11.8 Å². The van der Waals surface area contributed by atoms with Crippen molar-refractivity contribution in [3.05, 3.63) is 71.7 Å². The maximum atomic E-state index is 13.1. The van der Waals surface area contributed by atoms with Gasteiger partial charge >= 0.3 is 5.97 Å². The Kier molecular flexibility index (Phi) is 6.55. The zero-order valence-corrected chi connectivity index (χ0v) is 20.7. The first-order valence-electron chi connectivity index (χ1n) is 11.7. The highest BCUT2D eigenvalue weighted by atomic mass is 32.2. The van der Waals surface area contributed by atoms with Gasteiger partial charge in [-0.2, -0.15) is 0 Å². The molecule has 0 radical (unpaired) electrons. The Morgan fingerprint density at radius 2 is 1.92 bits per heavy atom. The fourth-order valence-corrected chi connectivity index (χ4v) is 5.50. The molecule has 3 aromatic carbocycles. The zero-order valence-electron chi connectivity index (χ0n) is 19.9. The van der Waals surface area contributed by atoms with E-state index in [0.29, 0.717) is 17.1 Å². The average molecular weight is 501 g/mol. The lowest BCUT2D eigenvalue weighted by Crippen LogP contribution is -2.21. The maximum absolute atomic E-state index is 13.1. The van der Waals surface area contributed by atoms with E-state index in [1.165, 1.54) is 0 Å². The van der Waals surface area contributed by atoms with E-state index in [2.05, 4.69) is 4.98 Å². The number of ketones is 2. The van der Waals surface area contributed by atoms with Gasteiger partial charge in [0.1, 0.15) is 11.6 Å². The molecule has 4 aromatic rings. The standard InChI is InChI=1S/C28H24N2O5S/c1-3-35-27(33)28(34)36-15(2)26-29-11-10-22(30-26)21-13-16-6-4-5-7-19(16)20-9-8-17-12-18(31)14-23(32)24(17)25(20)21/h4-11,13,15,28,34H,3,12,14H2,1-2H3. The Bertz CT molecular complexity index is 1530. The fraction of sp³-hybridized carbons (Fsp3) is 0.250. The van der Waals surface area contributed by atoms with Crippen LogP contribution in [0.2, 0.25) is 0 Å². The summed E-state index contributed by atoms with van der Waals surface area (Å²) in [7, 11) is 0. The second-order valence-electron chi connectivity index (χ2n) is 8.67. The van der Waals surface area contributed by atoms with Crippen molar-refractivity contribution < 1.29 is 24.2 Å². The highest BCUT2D eigenvalue weighted by Gasteiger charge is 2.28. The number of Topliss-reactive ketones (excluding diaryl/α,β-unsaturated/α-hetero) is 2. The molecule has 0 saturated carbocycles. The first kappa shape index (κ1) is 24.1. The number of aromatic nitrogens is 2. The SMILES string of the molecule is CCOC(=O)C(O)SC(C)c1nccc(-c2cc3ccccc3c3ccc4c(c23)C(=O)CC(=O)C4)n1. The molecule has 2 atom stereocenters. The minimum Gasteiger partial charge on any atom is -0.463 e. The van der Waals surface area contributed by atoms with Crippen LogP contribution in [-0.2, 0) is 20.7 Å². The number of ether oxygens (including phenoxy) is 1. The number of aliphatic hydroxyl groups is 1. The molecule has 0 spiro atoms. The highest BCUT2D eigenvalue weighted by Crippen LogP contribution is 2.40. The Hall–Kier alpha value is -3.62. The number of fused-ring (bicyclic) bond motifs is 5. The van der Waals surface area contributed by atoms with Gasteiger partial charge in [0.15, 0.2) is 11.2 Å². The molecule has 5 rings (SSSR count). The molecule has 2 unspecified atom stereocenters. The minimum absolute atomic E-state index is 0.0791. The van der Waals surface area contributed by atoms with Gasteiger partial charge in [0.05, 0.1) is 24.0 Å².